The normalized spacial score (nSPS) is 25.6. The highest BCUT2D eigenvalue weighted by molar-refractivity contribution is 5.86. The van der Waals surface area contributed by atoms with E-state index in [2.05, 4.69) is 11.4 Å². The van der Waals surface area contributed by atoms with Crippen molar-refractivity contribution in [3.8, 4) is 22.6 Å². The van der Waals surface area contributed by atoms with Crippen LogP contribution in [0.5, 0.6) is 11.5 Å². The van der Waals surface area contributed by atoms with E-state index in [9.17, 15) is 19.8 Å². The highest BCUT2D eigenvalue weighted by Crippen LogP contribution is 2.62. The molecule has 4 bridgehead atoms. The van der Waals surface area contributed by atoms with Gasteiger partial charge in [-0.25, -0.2) is 4.79 Å². The fraction of sp³-hybridized carbons (Fsp3) is 0.500. The second-order valence-electron chi connectivity index (χ2n) is 11.6. The molecular formula is C32H39NO5. The number of aliphatic carboxylic acids is 1. The molecule has 0 spiro atoms. The van der Waals surface area contributed by atoms with E-state index < -0.39 is 5.97 Å². The Bertz CT molecular complexity index is 1210. The average molecular weight is 518 g/mol. The van der Waals surface area contributed by atoms with E-state index >= 15 is 0 Å². The van der Waals surface area contributed by atoms with Gasteiger partial charge in [-0.05, 0) is 104 Å². The molecule has 4 saturated carbocycles. The van der Waals surface area contributed by atoms with Crippen molar-refractivity contribution < 1.29 is 24.5 Å². The molecule has 2 aromatic carbocycles. The third-order valence-electron chi connectivity index (χ3n) is 8.91. The van der Waals surface area contributed by atoms with E-state index in [0.717, 1.165) is 57.4 Å². The van der Waals surface area contributed by atoms with E-state index in [1.54, 1.807) is 6.08 Å². The van der Waals surface area contributed by atoms with Gasteiger partial charge in [0.2, 0.25) is 5.91 Å². The monoisotopic (exact) mass is 517 g/mol. The molecule has 1 amide bonds. The van der Waals surface area contributed by atoms with Crippen LogP contribution in [0.25, 0.3) is 17.2 Å². The molecule has 0 saturated heterocycles. The van der Waals surface area contributed by atoms with Crippen molar-refractivity contribution >= 4 is 18.0 Å². The molecule has 0 heterocycles. The number of phenolic OH excluding ortho intramolecular Hbond substituents is 1. The van der Waals surface area contributed by atoms with Crippen LogP contribution in [-0.4, -0.2) is 35.2 Å². The number of benzene rings is 2. The van der Waals surface area contributed by atoms with E-state index in [1.165, 1.54) is 45.4 Å². The van der Waals surface area contributed by atoms with Crippen molar-refractivity contribution in [2.24, 2.45) is 17.8 Å². The summed E-state index contributed by atoms with van der Waals surface area (Å²) in [6, 6.07) is 9.95. The smallest absolute Gasteiger partial charge is 0.328 e. The fourth-order valence-electron chi connectivity index (χ4n) is 7.80. The Morgan fingerprint density at radius 3 is 2.37 bits per heavy atom. The minimum atomic E-state index is -0.993. The Balaban J connectivity index is 1.52. The van der Waals surface area contributed by atoms with Gasteiger partial charge in [-0.2, -0.15) is 0 Å². The Kier molecular flexibility index (Phi) is 7.51. The standard InChI is InChI=1S/C32H39NO5/c1-3-26-24(7-10-30(36)37)5-8-27(31(26)38-12-4-11-33-20(2)34)25-6-9-29(35)28(16-25)32-17-21-13-22(18-32)15-23(14-21)19-32/h5-10,16,21-23,35H,3-4,11-15,17-19H2,1-2H3,(H,33,34)(H,36,37). The molecule has 4 aliphatic rings. The third-order valence-corrected chi connectivity index (χ3v) is 8.91. The number of carbonyl (C=O) groups is 2. The van der Waals surface area contributed by atoms with E-state index in [0.29, 0.717) is 31.7 Å². The maximum atomic E-state index is 11.2. The largest absolute Gasteiger partial charge is 0.508 e. The zero-order valence-electron chi connectivity index (χ0n) is 22.5. The number of carbonyl (C=O) groups excluding carboxylic acids is 1. The zero-order chi connectivity index (χ0) is 26.9. The maximum absolute atomic E-state index is 11.2. The van der Waals surface area contributed by atoms with Gasteiger partial charge < -0.3 is 20.3 Å². The molecule has 0 radical (unpaired) electrons. The predicted octanol–water partition coefficient (Wildman–Crippen LogP) is 6.09. The Labute approximate surface area is 225 Å². The molecule has 0 aromatic heterocycles. The minimum absolute atomic E-state index is 0.0615. The lowest BCUT2D eigenvalue weighted by molar-refractivity contribution is -0.131. The first-order valence-electron chi connectivity index (χ1n) is 14.1. The predicted molar refractivity (Wildman–Crippen MR) is 148 cm³/mol. The van der Waals surface area contributed by atoms with Crippen LogP contribution in [0, 0.1) is 17.8 Å². The lowest BCUT2D eigenvalue weighted by Crippen LogP contribution is -2.48. The average Bonchev–Trinajstić information content (AvgIpc) is 2.86. The van der Waals surface area contributed by atoms with E-state index in [4.69, 9.17) is 4.74 Å². The lowest BCUT2D eigenvalue weighted by Gasteiger charge is -2.57. The number of phenols is 1. The second-order valence-corrected chi connectivity index (χ2v) is 11.6. The molecule has 3 N–H and O–H groups in total. The van der Waals surface area contributed by atoms with Crippen LogP contribution in [0.4, 0.5) is 0 Å². The van der Waals surface area contributed by atoms with Crippen molar-refractivity contribution in [1.29, 1.82) is 0 Å². The molecule has 6 nitrogen and oxygen atoms in total. The van der Waals surface area contributed by atoms with Crippen LogP contribution in [0.3, 0.4) is 0 Å². The Hall–Kier alpha value is -3.28. The highest BCUT2D eigenvalue weighted by atomic mass is 16.5. The topological polar surface area (TPSA) is 95.9 Å². The Morgan fingerprint density at radius 2 is 1.76 bits per heavy atom. The summed E-state index contributed by atoms with van der Waals surface area (Å²) >= 11 is 0. The number of hydrogen-bond donors (Lipinski definition) is 3. The molecule has 4 fully saturated rings. The number of amides is 1. The van der Waals surface area contributed by atoms with Crippen LogP contribution in [-0.2, 0) is 21.4 Å². The van der Waals surface area contributed by atoms with E-state index in [1.807, 2.05) is 31.2 Å². The second kappa shape index (κ2) is 10.8. The van der Waals surface area contributed by atoms with Gasteiger partial charge in [-0.15, -0.1) is 0 Å². The van der Waals surface area contributed by atoms with Crippen molar-refractivity contribution in [3.05, 3.63) is 53.1 Å². The van der Waals surface area contributed by atoms with Gasteiger partial charge in [0.1, 0.15) is 11.5 Å². The van der Waals surface area contributed by atoms with Gasteiger partial charge in [-0.1, -0.05) is 25.1 Å². The summed E-state index contributed by atoms with van der Waals surface area (Å²) in [5.74, 6) is 2.40. The molecule has 202 valence electrons. The first kappa shape index (κ1) is 26.3. The van der Waals surface area contributed by atoms with Gasteiger partial charge >= 0.3 is 5.97 Å². The van der Waals surface area contributed by atoms with Crippen molar-refractivity contribution in [2.75, 3.05) is 13.2 Å². The van der Waals surface area contributed by atoms with Crippen molar-refractivity contribution in [3.63, 3.8) is 0 Å². The minimum Gasteiger partial charge on any atom is -0.508 e. The van der Waals surface area contributed by atoms with Crippen molar-refractivity contribution in [1.82, 2.24) is 5.32 Å². The summed E-state index contributed by atoms with van der Waals surface area (Å²) in [6.07, 6.45) is 11.7. The number of nitrogens with one attached hydrogen (secondary N) is 1. The number of carboxylic acid groups (broad SMARTS) is 1. The molecule has 0 aliphatic heterocycles. The molecular weight excluding hydrogens is 478 g/mol. The molecule has 4 aliphatic carbocycles. The van der Waals surface area contributed by atoms with Gasteiger partial charge in [0.25, 0.3) is 0 Å². The summed E-state index contributed by atoms with van der Waals surface area (Å²) in [7, 11) is 0. The third kappa shape index (κ3) is 5.31. The number of carboxylic acids is 1. The quantitative estimate of drug-likeness (QED) is 0.262. The SMILES string of the molecule is CCc1c(C=CC(=O)O)ccc(-c2ccc(O)c(C34CC5CC(CC(C5)C3)C4)c2)c1OCCCNC(C)=O. The van der Waals surface area contributed by atoms with Gasteiger partial charge in [0, 0.05) is 36.2 Å². The number of aromatic hydroxyl groups is 1. The number of hydrogen-bond acceptors (Lipinski definition) is 4. The van der Waals surface area contributed by atoms with Gasteiger partial charge in [0.15, 0.2) is 0 Å². The van der Waals surface area contributed by atoms with Crippen molar-refractivity contribution in [2.45, 2.75) is 70.6 Å². The summed E-state index contributed by atoms with van der Waals surface area (Å²) in [6.45, 7) is 4.49. The lowest BCUT2D eigenvalue weighted by atomic mass is 9.48. The summed E-state index contributed by atoms with van der Waals surface area (Å²) < 4.78 is 6.37. The van der Waals surface area contributed by atoms with E-state index in [-0.39, 0.29) is 11.3 Å². The first-order valence-corrected chi connectivity index (χ1v) is 14.1. The van der Waals surface area contributed by atoms with Gasteiger partial charge in [0.05, 0.1) is 6.61 Å². The fourth-order valence-corrected chi connectivity index (χ4v) is 7.80. The van der Waals surface area contributed by atoms with Crippen LogP contribution in [0.15, 0.2) is 36.4 Å². The molecule has 6 rings (SSSR count). The highest BCUT2D eigenvalue weighted by Gasteiger charge is 2.52. The number of rotatable bonds is 10. The van der Waals surface area contributed by atoms with Gasteiger partial charge in [-0.3, -0.25) is 4.79 Å². The number of ether oxygens (including phenoxy) is 1. The zero-order valence-corrected chi connectivity index (χ0v) is 22.5. The molecule has 0 unspecified atom stereocenters. The summed E-state index contributed by atoms with van der Waals surface area (Å²) in [4.78, 5) is 22.4. The maximum Gasteiger partial charge on any atom is 0.328 e. The summed E-state index contributed by atoms with van der Waals surface area (Å²) in [5, 5.41) is 23.1. The molecule has 2 aromatic rings. The molecule has 38 heavy (non-hydrogen) atoms. The van der Waals surface area contributed by atoms with Crippen LogP contribution in [0.2, 0.25) is 0 Å². The first-order chi connectivity index (χ1) is 18.3. The molecule has 0 atom stereocenters. The molecule has 6 heteroatoms. The van der Waals surface area contributed by atoms with Crippen LogP contribution >= 0.6 is 0 Å². The summed E-state index contributed by atoms with van der Waals surface area (Å²) in [5.41, 5.74) is 4.86. The van der Waals surface area contributed by atoms with Crippen LogP contribution < -0.4 is 10.1 Å². The Morgan fingerprint density at radius 1 is 1.08 bits per heavy atom. The van der Waals surface area contributed by atoms with Crippen LogP contribution in [0.1, 0.15) is 75.5 Å².